The van der Waals surface area contributed by atoms with E-state index in [0.717, 1.165) is 16.8 Å². The van der Waals surface area contributed by atoms with Crippen LogP contribution in [0.3, 0.4) is 0 Å². The molecule has 0 aliphatic rings. The van der Waals surface area contributed by atoms with Crippen LogP contribution in [0.5, 0.6) is 5.95 Å². The highest BCUT2D eigenvalue weighted by Gasteiger charge is 2.12. The largest absolute Gasteiger partial charge is 0.467 e. The fourth-order valence-corrected chi connectivity index (χ4v) is 1.38. The zero-order valence-electron chi connectivity index (χ0n) is 8.15. The van der Waals surface area contributed by atoms with Crippen molar-refractivity contribution in [1.29, 1.82) is 0 Å². The number of rotatable bonds is 2. The van der Waals surface area contributed by atoms with Crippen molar-refractivity contribution in [2.45, 2.75) is 6.92 Å². The summed E-state index contributed by atoms with van der Waals surface area (Å²) < 4.78 is 10.0. The molecule has 14 heavy (non-hydrogen) atoms. The van der Waals surface area contributed by atoms with Crippen LogP contribution in [0.1, 0.15) is 5.56 Å². The standard InChI is InChI=1S/C11H11NO2/c1-8-10(12-14-11(8)13-2)9-6-4-3-5-7-9/h3-7H,1-2H3. The van der Waals surface area contributed by atoms with Crippen molar-refractivity contribution in [3.05, 3.63) is 35.9 Å². The monoisotopic (exact) mass is 189 g/mol. The quantitative estimate of drug-likeness (QED) is 0.728. The van der Waals surface area contributed by atoms with Crippen LogP contribution in [0, 0.1) is 6.92 Å². The summed E-state index contributed by atoms with van der Waals surface area (Å²) in [6.45, 7) is 1.93. The molecular formula is C11H11NO2. The molecule has 0 aliphatic heterocycles. The number of methoxy groups -OCH3 is 1. The van der Waals surface area contributed by atoms with Crippen LogP contribution in [0.4, 0.5) is 0 Å². The summed E-state index contributed by atoms with van der Waals surface area (Å²) in [5.74, 6) is 0.476. The van der Waals surface area contributed by atoms with Crippen LogP contribution in [0.25, 0.3) is 11.3 Å². The highest BCUT2D eigenvalue weighted by molar-refractivity contribution is 5.63. The van der Waals surface area contributed by atoms with Gasteiger partial charge in [-0.2, -0.15) is 0 Å². The van der Waals surface area contributed by atoms with Gasteiger partial charge in [0.05, 0.1) is 12.7 Å². The van der Waals surface area contributed by atoms with Crippen molar-refractivity contribution in [3.63, 3.8) is 0 Å². The molecule has 0 saturated carbocycles. The van der Waals surface area contributed by atoms with Gasteiger partial charge in [0, 0.05) is 5.56 Å². The molecule has 0 amide bonds. The second-order valence-electron chi connectivity index (χ2n) is 3.01. The van der Waals surface area contributed by atoms with Gasteiger partial charge >= 0.3 is 5.95 Å². The average molecular weight is 189 g/mol. The normalized spacial score (nSPS) is 10.1. The Balaban J connectivity index is 2.48. The van der Waals surface area contributed by atoms with Crippen LogP contribution < -0.4 is 4.74 Å². The molecule has 0 bridgehead atoms. The first-order chi connectivity index (χ1) is 6.83. The second kappa shape index (κ2) is 3.54. The second-order valence-corrected chi connectivity index (χ2v) is 3.01. The average Bonchev–Trinajstić information content (AvgIpc) is 2.61. The van der Waals surface area contributed by atoms with Crippen LogP contribution >= 0.6 is 0 Å². The van der Waals surface area contributed by atoms with Gasteiger partial charge in [-0.25, -0.2) is 0 Å². The summed E-state index contributed by atoms with van der Waals surface area (Å²) in [6, 6.07) is 9.89. The zero-order valence-corrected chi connectivity index (χ0v) is 8.15. The third-order valence-corrected chi connectivity index (χ3v) is 2.11. The van der Waals surface area contributed by atoms with E-state index in [1.54, 1.807) is 7.11 Å². The fraction of sp³-hybridized carbons (Fsp3) is 0.182. The predicted octanol–water partition coefficient (Wildman–Crippen LogP) is 2.66. The van der Waals surface area contributed by atoms with Gasteiger partial charge < -0.3 is 9.26 Å². The lowest BCUT2D eigenvalue weighted by molar-refractivity contribution is 0.259. The summed E-state index contributed by atoms with van der Waals surface area (Å²) in [7, 11) is 1.57. The minimum atomic E-state index is 0.476. The Morgan fingerprint density at radius 3 is 2.50 bits per heavy atom. The first-order valence-corrected chi connectivity index (χ1v) is 4.38. The van der Waals surface area contributed by atoms with E-state index in [0.29, 0.717) is 5.95 Å². The molecule has 3 heteroatoms. The van der Waals surface area contributed by atoms with Gasteiger partial charge in [0.2, 0.25) is 0 Å². The predicted molar refractivity (Wildman–Crippen MR) is 53.2 cm³/mol. The Morgan fingerprint density at radius 2 is 1.93 bits per heavy atom. The van der Waals surface area contributed by atoms with Crippen molar-refractivity contribution in [2.75, 3.05) is 7.11 Å². The van der Waals surface area contributed by atoms with E-state index in [-0.39, 0.29) is 0 Å². The van der Waals surface area contributed by atoms with E-state index in [9.17, 15) is 0 Å². The van der Waals surface area contributed by atoms with E-state index >= 15 is 0 Å². The molecule has 0 radical (unpaired) electrons. The Bertz CT molecular complexity index is 420. The number of nitrogens with zero attached hydrogens (tertiary/aromatic N) is 1. The van der Waals surface area contributed by atoms with E-state index in [2.05, 4.69) is 5.16 Å². The molecule has 0 unspecified atom stereocenters. The lowest BCUT2D eigenvalue weighted by Gasteiger charge is -1.96. The summed E-state index contributed by atoms with van der Waals surface area (Å²) in [5, 5.41) is 3.96. The van der Waals surface area contributed by atoms with Crippen LogP contribution in [0.2, 0.25) is 0 Å². The summed E-state index contributed by atoms with van der Waals surface area (Å²) >= 11 is 0. The van der Waals surface area contributed by atoms with Crippen molar-refractivity contribution < 1.29 is 9.26 Å². The van der Waals surface area contributed by atoms with Crippen LogP contribution in [-0.4, -0.2) is 12.3 Å². The maximum Gasteiger partial charge on any atom is 0.314 e. The van der Waals surface area contributed by atoms with E-state index in [1.807, 2.05) is 37.3 Å². The first-order valence-electron chi connectivity index (χ1n) is 4.38. The van der Waals surface area contributed by atoms with Crippen molar-refractivity contribution in [3.8, 4) is 17.2 Å². The molecule has 0 fully saturated rings. The van der Waals surface area contributed by atoms with Gasteiger partial charge in [-0.15, -0.1) is 0 Å². The number of benzene rings is 1. The molecule has 2 rings (SSSR count). The number of ether oxygens (including phenoxy) is 1. The Kier molecular flexibility index (Phi) is 2.23. The minimum Gasteiger partial charge on any atom is -0.467 e. The van der Waals surface area contributed by atoms with Crippen LogP contribution in [-0.2, 0) is 0 Å². The summed E-state index contributed by atoms with van der Waals surface area (Å²) in [6.07, 6.45) is 0. The summed E-state index contributed by atoms with van der Waals surface area (Å²) in [4.78, 5) is 0. The zero-order chi connectivity index (χ0) is 9.97. The highest BCUT2D eigenvalue weighted by atomic mass is 16.6. The van der Waals surface area contributed by atoms with Crippen molar-refractivity contribution in [1.82, 2.24) is 5.16 Å². The molecule has 72 valence electrons. The Labute approximate surface area is 82.3 Å². The number of aromatic nitrogens is 1. The fourth-order valence-electron chi connectivity index (χ4n) is 1.38. The molecule has 0 spiro atoms. The lowest BCUT2D eigenvalue weighted by atomic mass is 10.1. The Hall–Kier alpha value is -1.77. The third kappa shape index (κ3) is 1.37. The molecule has 0 N–H and O–H groups in total. The molecule has 0 saturated heterocycles. The molecular weight excluding hydrogens is 178 g/mol. The maximum absolute atomic E-state index is 5.03. The van der Waals surface area contributed by atoms with Crippen molar-refractivity contribution in [2.24, 2.45) is 0 Å². The summed E-state index contributed by atoms with van der Waals surface area (Å²) in [5.41, 5.74) is 2.80. The van der Waals surface area contributed by atoms with Gasteiger partial charge in [0.1, 0.15) is 5.69 Å². The molecule has 0 atom stereocenters. The highest BCUT2D eigenvalue weighted by Crippen LogP contribution is 2.28. The minimum absolute atomic E-state index is 0.476. The number of hydrogen-bond acceptors (Lipinski definition) is 3. The van der Waals surface area contributed by atoms with Crippen LogP contribution in [0.15, 0.2) is 34.9 Å². The van der Waals surface area contributed by atoms with Gasteiger partial charge in [-0.3, -0.25) is 0 Å². The van der Waals surface area contributed by atoms with E-state index in [1.165, 1.54) is 0 Å². The van der Waals surface area contributed by atoms with Crippen molar-refractivity contribution >= 4 is 0 Å². The van der Waals surface area contributed by atoms with Gasteiger partial charge in [0.15, 0.2) is 0 Å². The lowest BCUT2D eigenvalue weighted by Crippen LogP contribution is -1.83. The molecule has 0 aliphatic carbocycles. The molecule has 1 heterocycles. The first kappa shape index (κ1) is 8.81. The Morgan fingerprint density at radius 1 is 1.21 bits per heavy atom. The smallest absolute Gasteiger partial charge is 0.314 e. The molecule has 1 aromatic heterocycles. The van der Waals surface area contributed by atoms with Gasteiger partial charge in [-0.05, 0) is 6.92 Å². The topological polar surface area (TPSA) is 35.3 Å². The third-order valence-electron chi connectivity index (χ3n) is 2.11. The van der Waals surface area contributed by atoms with E-state index < -0.39 is 0 Å². The maximum atomic E-state index is 5.03. The van der Waals surface area contributed by atoms with Gasteiger partial charge in [-0.1, -0.05) is 35.5 Å². The molecule has 2 aromatic rings. The molecule has 3 nitrogen and oxygen atoms in total. The number of hydrogen-bond donors (Lipinski definition) is 0. The molecule has 1 aromatic carbocycles. The van der Waals surface area contributed by atoms with E-state index in [4.69, 9.17) is 9.26 Å². The SMILES string of the molecule is COc1onc(-c2ccccc2)c1C. The van der Waals surface area contributed by atoms with Gasteiger partial charge in [0.25, 0.3) is 0 Å².